The molecule has 17 heavy (non-hydrogen) atoms. The second kappa shape index (κ2) is 4.20. The highest BCUT2D eigenvalue weighted by Crippen LogP contribution is 2.28. The number of aryl methyl sites for hydroxylation is 2. The minimum absolute atomic E-state index is 0.508. The molecular weight excluding hydrogens is 230 g/mol. The van der Waals surface area contributed by atoms with Gasteiger partial charge in [-0.1, -0.05) is 0 Å². The number of aromatic nitrogens is 2. The molecule has 90 valence electrons. The predicted molar refractivity (Wildman–Crippen MR) is 72.0 cm³/mol. The molecule has 0 amide bonds. The van der Waals surface area contributed by atoms with Gasteiger partial charge in [0.05, 0.1) is 16.1 Å². The lowest BCUT2D eigenvalue weighted by molar-refractivity contribution is 0.513. The van der Waals surface area contributed by atoms with Gasteiger partial charge in [0.1, 0.15) is 5.82 Å². The molecule has 0 unspecified atom stereocenters. The van der Waals surface area contributed by atoms with Crippen molar-refractivity contribution in [3.8, 4) is 10.6 Å². The van der Waals surface area contributed by atoms with Crippen LogP contribution in [0.1, 0.15) is 30.9 Å². The molecule has 3 nitrogen and oxygen atoms in total. The maximum Gasteiger partial charge on any atom is 0.148 e. The summed E-state index contributed by atoms with van der Waals surface area (Å²) in [7, 11) is 0. The summed E-state index contributed by atoms with van der Waals surface area (Å²) in [4.78, 5) is 10.2. The van der Waals surface area contributed by atoms with E-state index in [1.165, 1.54) is 10.4 Å². The van der Waals surface area contributed by atoms with Crippen LogP contribution < -0.4 is 5.73 Å². The molecule has 0 aliphatic heterocycles. The van der Waals surface area contributed by atoms with E-state index in [4.69, 9.17) is 5.73 Å². The van der Waals surface area contributed by atoms with Crippen LogP contribution in [0, 0.1) is 13.8 Å². The van der Waals surface area contributed by atoms with Crippen molar-refractivity contribution in [3.05, 3.63) is 34.6 Å². The third-order valence-corrected chi connectivity index (χ3v) is 3.56. The van der Waals surface area contributed by atoms with E-state index in [0.29, 0.717) is 5.82 Å². The smallest absolute Gasteiger partial charge is 0.148 e. The molecule has 2 heterocycles. The number of nitrogens with two attached hydrogens (primary N) is 1. The summed E-state index contributed by atoms with van der Waals surface area (Å²) in [6.07, 6.45) is 0. The quantitative estimate of drug-likeness (QED) is 0.887. The zero-order chi connectivity index (χ0) is 12.6. The Balaban J connectivity index is 2.57. The molecule has 0 fully saturated rings. The van der Waals surface area contributed by atoms with Gasteiger partial charge >= 0.3 is 0 Å². The Morgan fingerprint density at radius 3 is 2.47 bits per heavy atom. The summed E-state index contributed by atoms with van der Waals surface area (Å²) in [6.45, 7) is 7.92. The van der Waals surface area contributed by atoms with Crippen molar-refractivity contribution in [1.82, 2.24) is 9.97 Å². The maximum absolute atomic E-state index is 6.06. The van der Waals surface area contributed by atoms with Gasteiger partial charge in [-0.05, 0) is 50.8 Å². The average molecular weight is 247 g/mol. The summed E-state index contributed by atoms with van der Waals surface area (Å²) in [5.41, 5.74) is 8.73. The molecule has 0 aliphatic rings. The van der Waals surface area contributed by atoms with Crippen LogP contribution in [0.15, 0.2) is 17.5 Å². The molecule has 0 saturated heterocycles. The van der Waals surface area contributed by atoms with Crippen LogP contribution in [0.5, 0.6) is 0 Å². The molecule has 0 atom stereocenters. The molecule has 0 radical (unpaired) electrons. The van der Waals surface area contributed by atoms with E-state index in [1.807, 2.05) is 26.8 Å². The lowest BCUT2D eigenvalue weighted by Crippen LogP contribution is -2.31. The third kappa shape index (κ3) is 2.53. The minimum Gasteiger partial charge on any atom is -0.319 e. The molecule has 0 bridgehead atoms. The first kappa shape index (κ1) is 12.2. The van der Waals surface area contributed by atoms with Crippen LogP contribution in [0.3, 0.4) is 0 Å². The van der Waals surface area contributed by atoms with E-state index in [2.05, 4.69) is 28.3 Å². The maximum atomic E-state index is 6.06. The Bertz CT molecular complexity index is 538. The molecule has 2 N–H and O–H groups in total. The first-order valence-electron chi connectivity index (χ1n) is 5.57. The van der Waals surface area contributed by atoms with Gasteiger partial charge in [-0.25, -0.2) is 9.97 Å². The van der Waals surface area contributed by atoms with E-state index in [0.717, 1.165) is 11.4 Å². The van der Waals surface area contributed by atoms with E-state index in [1.54, 1.807) is 11.3 Å². The van der Waals surface area contributed by atoms with Crippen molar-refractivity contribution in [2.75, 3.05) is 0 Å². The highest BCUT2D eigenvalue weighted by Gasteiger charge is 2.19. The Kier molecular flexibility index (Phi) is 3.02. The van der Waals surface area contributed by atoms with Crippen molar-refractivity contribution < 1.29 is 0 Å². The van der Waals surface area contributed by atoms with Crippen LogP contribution in [-0.4, -0.2) is 9.97 Å². The normalized spacial score (nSPS) is 11.8. The first-order valence-corrected chi connectivity index (χ1v) is 6.45. The van der Waals surface area contributed by atoms with Crippen LogP contribution >= 0.6 is 11.3 Å². The average Bonchev–Trinajstić information content (AvgIpc) is 2.62. The summed E-state index contributed by atoms with van der Waals surface area (Å²) in [6, 6.07) is 4.11. The largest absolute Gasteiger partial charge is 0.319 e. The van der Waals surface area contributed by atoms with Gasteiger partial charge in [0, 0.05) is 5.69 Å². The van der Waals surface area contributed by atoms with E-state index < -0.39 is 5.54 Å². The molecule has 4 heteroatoms. The summed E-state index contributed by atoms with van der Waals surface area (Å²) in [5.74, 6) is 0.695. The molecule has 0 saturated carbocycles. The topological polar surface area (TPSA) is 51.8 Å². The van der Waals surface area contributed by atoms with Crippen molar-refractivity contribution in [2.24, 2.45) is 5.73 Å². The zero-order valence-corrected chi connectivity index (χ0v) is 11.4. The zero-order valence-electron chi connectivity index (χ0n) is 10.6. The molecular formula is C13H17N3S. The van der Waals surface area contributed by atoms with Gasteiger partial charge in [0.15, 0.2) is 0 Å². The first-order chi connectivity index (χ1) is 7.88. The van der Waals surface area contributed by atoms with Gasteiger partial charge in [0.2, 0.25) is 0 Å². The van der Waals surface area contributed by atoms with Gasteiger partial charge in [-0.3, -0.25) is 0 Å². The molecule has 0 spiro atoms. The fourth-order valence-electron chi connectivity index (χ4n) is 1.61. The van der Waals surface area contributed by atoms with Gasteiger partial charge < -0.3 is 5.73 Å². The lowest BCUT2D eigenvalue weighted by atomic mass is 10.1. The molecule has 2 aromatic heterocycles. The van der Waals surface area contributed by atoms with Gasteiger partial charge in [-0.2, -0.15) is 0 Å². The van der Waals surface area contributed by atoms with Crippen molar-refractivity contribution >= 4 is 11.3 Å². The highest BCUT2D eigenvalue weighted by molar-refractivity contribution is 7.13. The summed E-state index contributed by atoms with van der Waals surface area (Å²) in [5, 5.41) is 2.08. The number of thiophene rings is 1. The monoisotopic (exact) mass is 247 g/mol. The lowest BCUT2D eigenvalue weighted by Gasteiger charge is -2.18. The van der Waals surface area contributed by atoms with E-state index in [9.17, 15) is 0 Å². The number of nitrogens with zero attached hydrogens (tertiary/aromatic N) is 2. The van der Waals surface area contributed by atoms with Crippen molar-refractivity contribution in [3.63, 3.8) is 0 Å². The second-order valence-corrected chi connectivity index (χ2v) is 5.79. The van der Waals surface area contributed by atoms with Crippen molar-refractivity contribution in [2.45, 2.75) is 33.2 Å². The second-order valence-electron chi connectivity index (χ2n) is 4.87. The van der Waals surface area contributed by atoms with Gasteiger partial charge in [0.25, 0.3) is 0 Å². The molecule has 0 aliphatic carbocycles. The Morgan fingerprint density at radius 2 is 1.94 bits per heavy atom. The van der Waals surface area contributed by atoms with Crippen molar-refractivity contribution in [1.29, 1.82) is 0 Å². The SMILES string of the molecule is Cc1cc(-c2sccc2C)nc(C(C)(C)N)n1. The molecule has 2 rings (SSSR count). The van der Waals surface area contributed by atoms with E-state index in [-0.39, 0.29) is 0 Å². The van der Waals surface area contributed by atoms with Crippen LogP contribution in [0.25, 0.3) is 10.6 Å². The standard InChI is InChI=1S/C13H17N3S/c1-8-5-6-17-11(8)10-7-9(2)15-12(16-10)13(3,4)14/h5-7H,14H2,1-4H3. The fourth-order valence-corrected chi connectivity index (χ4v) is 2.50. The van der Waals surface area contributed by atoms with Crippen LogP contribution in [-0.2, 0) is 5.54 Å². The minimum atomic E-state index is -0.508. The molecule has 0 aromatic carbocycles. The number of rotatable bonds is 2. The summed E-state index contributed by atoms with van der Waals surface area (Å²) < 4.78 is 0. The fraction of sp³-hybridized carbons (Fsp3) is 0.385. The van der Waals surface area contributed by atoms with Gasteiger partial charge in [-0.15, -0.1) is 11.3 Å². The van der Waals surface area contributed by atoms with E-state index >= 15 is 0 Å². The highest BCUT2D eigenvalue weighted by atomic mass is 32.1. The third-order valence-electron chi connectivity index (χ3n) is 2.53. The molecule has 2 aromatic rings. The number of hydrogen-bond donors (Lipinski definition) is 1. The number of hydrogen-bond acceptors (Lipinski definition) is 4. The Morgan fingerprint density at radius 1 is 1.24 bits per heavy atom. The summed E-state index contributed by atoms with van der Waals surface area (Å²) >= 11 is 1.70. The van der Waals surface area contributed by atoms with Crippen LogP contribution in [0.2, 0.25) is 0 Å². The predicted octanol–water partition coefficient (Wildman–Crippen LogP) is 3.02. The van der Waals surface area contributed by atoms with Crippen LogP contribution in [0.4, 0.5) is 0 Å². The Hall–Kier alpha value is -1.26. The Labute approximate surface area is 106 Å².